The lowest BCUT2D eigenvalue weighted by Gasteiger charge is -2.22. The number of nitrogens with two attached hydrogens (primary N) is 1. The maximum absolute atomic E-state index is 12.7. The highest BCUT2D eigenvalue weighted by molar-refractivity contribution is 9.10. The Morgan fingerprint density at radius 1 is 1.19 bits per heavy atom. The molecule has 1 aromatic heterocycles. The fraction of sp³-hybridized carbons (Fsp3) is 0.250. The molecule has 2 rings (SSSR count). The summed E-state index contributed by atoms with van der Waals surface area (Å²) in [7, 11) is 0. The lowest BCUT2D eigenvalue weighted by atomic mass is 10.2. The number of hydrogen-bond donors (Lipinski definition) is 1. The molecule has 21 heavy (non-hydrogen) atoms. The van der Waals surface area contributed by atoms with Crippen molar-refractivity contribution < 1.29 is 4.79 Å². The molecule has 0 aliphatic carbocycles. The Hall–Kier alpha value is -1.72. The molecule has 0 atom stereocenters. The average Bonchev–Trinajstić information content (AvgIpc) is 2.52. The number of halogens is 1. The molecule has 0 bridgehead atoms. The molecule has 0 fully saturated rings. The number of pyridine rings is 1. The van der Waals surface area contributed by atoms with Crippen LogP contribution in [0.3, 0.4) is 0 Å². The third-order valence-corrected chi connectivity index (χ3v) is 3.74. The first kappa shape index (κ1) is 15.7. The molecule has 110 valence electrons. The SMILES string of the molecule is NCCCN(Cc1ccccc1)C(=O)c1ncccc1Br. The molecular formula is C16H18BrN3O. The molecule has 0 aliphatic heterocycles. The summed E-state index contributed by atoms with van der Waals surface area (Å²) in [6.45, 7) is 1.73. The molecule has 0 saturated carbocycles. The van der Waals surface area contributed by atoms with E-state index in [1.807, 2.05) is 36.4 Å². The smallest absolute Gasteiger partial charge is 0.273 e. The van der Waals surface area contributed by atoms with E-state index in [-0.39, 0.29) is 5.91 Å². The highest BCUT2D eigenvalue weighted by Gasteiger charge is 2.19. The van der Waals surface area contributed by atoms with E-state index in [1.165, 1.54) is 0 Å². The van der Waals surface area contributed by atoms with Gasteiger partial charge < -0.3 is 10.6 Å². The van der Waals surface area contributed by atoms with Crippen molar-refractivity contribution in [2.45, 2.75) is 13.0 Å². The second-order valence-corrected chi connectivity index (χ2v) is 5.54. The fourth-order valence-electron chi connectivity index (χ4n) is 2.03. The number of hydrogen-bond acceptors (Lipinski definition) is 3. The summed E-state index contributed by atoms with van der Waals surface area (Å²) in [4.78, 5) is 18.6. The van der Waals surface area contributed by atoms with Crippen LogP contribution in [0.25, 0.3) is 0 Å². The van der Waals surface area contributed by atoms with Crippen molar-refractivity contribution in [3.8, 4) is 0 Å². The number of aromatic nitrogens is 1. The summed E-state index contributed by atoms with van der Waals surface area (Å²) >= 11 is 3.38. The van der Waals surface area contributed by atoms with Gasteiger partial charge in [0.25, 0.3) is 5.91 Å². The van der Waals surface area contributed by atoms with Crippen LogP contribution in [0.1, 0.15) is 22.5 Å². The summed E-state index contributed by atoms with van der Waals surface area (Å²) in [6, 6.07) is 13.5. The van der Waals surface area contributed by atoms with Crippen molar-refractivity contribution in [1.82, 2.24) is 9.88 Å². The maximum Gasteiger partial charge on any atom is 0.273 e. The van der Waals surface area contributed by atoms with Crippen molar-refractivity contribution in [2.75, 3.05) is 13.1 Å². The van der Waals surface area contributed by atoms with Crippen LogP contribution in [0.15, 0.2) is 53.1 Å². The van der Waals surface area contributed by atoms with E-state index in [0.717, 1.165) is 12.0 Å². The summed E-state index contributed by atoms with van der Waals surface area (Å²) in [5, 5.41) is 0. The van der Waals surface area contributed by atoms with Gasteiger partial charge in [-0.1, -0.05) is 30.3 Å². The Morgan fingerprint density at radius 3 is 2.62 bits per heavy atom. The molecule has 0 unspecified atom stereocenters. The number of carbonyl (C=O) groups excluding carboxylic acids is 1. The molecule has 2 N–H and O–H groups in total. The zero-order valence-electron chi connectivity index (χ0n) is 11.7. The fourth-order valence-corrected chi connectivity index (χ4v) is 2.46. The molecule has 0 aliphatic rings. The average molecular weight is 348 g/mol. The Balaban J connectivity index is 2.19. The van der Waals surface area contributed by atoms with Crippen molar-refractivity contribution in [3.63, 3.8) is 0 Å². The van der Waals surface area contributed by atoms with E-state index in [0.29, 0.717) is 29.8 Å². The largest absolute Gasteiger partial charge is 0.333 e. The van der Waals surface area contributed by atoms with Crippen molar-refractivity contribution in [1.29, 1.82) is 0 Å². The van der Waals surface area contributed by atoms with E-state index in [9.17, 15) is 4.79 Å². The molecule has 1 amide bonds. The standard InChI is InChI=1S/C16H18BrN3O/c17-14-8-4-10-19-15(14)16(21)20(11-5-9-18)12-13-6-2-1-3-7-13/h1-4,6-8,10H,5,9,11-12,18H2. The van der Waals surface area contributed by atoms with Crippen molar-refractivity contribution >= 4 is 21.8 Å². The van der Waals surface area contributed by atoms with E-state index < -0.39 is 0 Å². The van der Waals surface area contributed by atoms with Crippen LogP contribution in [0.4, 0.5) is 0 Å². The minimum absolute atomic E-state index is 0.0835. The van der Waals surface area contributed by atoms with Crippen LogP contribution < -0.4 is 5.73 Å². The highest BCUT2D eigenvalue weighted by Crippen LogP contribution is 2.17. The first-order chi connectivity index (χ1) is 10.2. The number of amides is 1. The molecule has 0 saturated heterocycles. The van der Waals surface area contributed by atoms with Crippen LogP contribution in [-0.2, 0) is 6.54 Å². The minimum Gasteiger partial charge on any atom is -0.333 e. The van der Waals surface area contributed by atoms with Gasteiger partial charge in [-0.25, -0.2) is 4.98 Å². The molecule has 4 nitrogen and oxygen atoms in total. The quantitative estimate of drug-likeness (QED) is 0.873. The minimum atomic E-state index is -0.0835. The van der Waals surface area contributed by atoms with Gasteiger partial charge in [-0.2, -0.15) is 0 Å². The third kappa shape index (κ3) is 4.37. The van der Waals surface area contributed by atoms with Gasteiger partial charge in [0.1, 0.15) is 5.69 Å². The normalized spacial score (nSPS) is 10.4. The van der Waals surface area contributed by atoms with Crippen molar-refractivity contribution in [2.24, 2.45) is 5.73 Å². The Morgan fingerprint density at radius 2 is 1.95 bits per heavy atom. The summed E-state index contributed by atoms with van der Waals surface area (Å²) in [5.41, 5.74) is 7.10. The molecule has 0 spiro atoms. The maximum atomic E-state index is 12.7. The summed E-state index contributed by atoms with van der Waals surface area (Å²) in [5.74, 6) is -0.0835. The van der Waals surface area contributed by atoms with Gasteiger partial charge >= 0.3 is 0 Å². The molecule has 0 radical (unpaired) electrons. The Labute approximate surface area is 133 Å². The second-order valence-electron chi connectivity index (χ2n) is 4.69. The van der Waals surface area contributed by atoms with Gasteiger partial charge in [0.05, 0.1) is 0 Å². The van der Waals surface area contributed by atoms with Crippen LogP contribution in [-0.4, -0.2) is 28.9 Å². The topological polar surface area (TPSA) is 59.2 Å². The van der Waals surface area contributed by atoms with E-state index in [1.54, 1.807) is 17.2 Å². The van der Waals surface area contributed by atoms with Crippen LogP contribution >= 0.6 is 15.9 Å². The molecule has 5 heteroatoms. The Kier molecular flexibility index (Phi) is 5.90. The van der Waals surface area contributed by atoms with Crippen LogP contribution in [0, 0.1) is 0 Å². The van der Waals surface area contributed by atoms with Gasteiger partial charge in [-0.3, -0.25) is 4.79 Å². The number of benzene rings is 1. The number of rotatable bonds is 6. The molecule has 2 aromatic rings. The third-order valence-electron chi connectivity index (χ3n) is 3.10. The molecule has 1 aromatic carbocycles. The first-order valence-corrected chi connectivity index (χ1v) is 7.65. The zero-order chi connectivity index (χ0) is 15.1. The van der Waals surface area contributed by atoms with Gasteiger partial charge in [-0.15, -0.1) is 0 Å². The monoisotopic (exact) mass is 347 g/mol. The van der Waals surface area contributed by atoms with Gasteiger partial charge in [-0.05, 0) is 46.6 Å². The zero-order valence-corrected chi connectivity index (χ0v) is 13.3. The lowest BCUT2D eigenvalue weighted by Crippen LogP contribution is -2.33. The molecule has 1 heterocycles. The molecular weight excluding hydrogens is 330 g/mol. The van der Waals surface area contributed by atoms with Crippen LogP contribution in [0.5, 0.6) is 0 Å². The Bertz CT molecular complexity index is 589. The van der Waals surface area contributed by atoms with E-state index >= 15 is 0 Å². The summed E-state index contributed by atoms with van der Waals surface area (Å²) in [6.07, 6.45) is 2.39. The number of carbonyl (C=O) groups is 1. The van der Waals surface area contributed by atoms with E-state index in [4.69, 9.17) is 5.73 Å². The lowest BCUT2D eigenvalue weighted by molar-refractivity contribution is 0.0735. The highest BCUT2D eigenvalue weighted by atomic mass is 79.9. The van der Waals surface area contributed by atoms with E-state index in [2.05, 4.69) is 20.9 Å². The van der Waals surface area contributed by atoms with Crippen molar-refractivity contribution in [3.05, 3.63) is 64.4 Å². The van der Waals surface area contributed by atoms with Gasteiger partial charge in [0, 0.05) is 23.8 Å². The predicted molar refractivity (Wildman–Crippen MR) is 86.8 cm³/mol. The van der Waals surface area contributed by atoms with Gasteiger partial charge in [0.2, 0.25) is 0 Å². The van der Waals surface area contributed by atoms with Gasteiger partial charge in [0.15, 0.2) is 0 Å². The number of nitrogens with zero attached hydrogens (tertiary/aromatic N) is 2. The predicted octanol–water partition coefficient (Wildman–Crippen LogP) is 2.84. The second kappa shape index (κ2) is 7.90. The summed E-state index contributed by atoms with van der Waals surface area (Å²) < 4.78 is 0.709. The van der Waals surface area contributed by atoms with Crippen LogP contribution in [0.2, 0.25) is 0 Å². The first-order valence-electron chi connectivity index (χ1n) is 6.86.